The molecule has 2 aromatic heterocycles. The number of alkyl halides is 2. The second-order valence-corrected chi connectivity index (χ2v) is 7.53. The topological polar surface area (TPSA) is 73.0 Å². The SMILES string of the molecule is Cc1nn(C(F)F)cc1S(=O)(=O)N(C)Cc1c(Br)cnn1C. The summed E-state index contributed by atoms with van der Waals surface area (Å²) < 4.78 is 53.9. The average Bonchev–Trinajstić information content (AvgIpc) is 2.96. The summed E-state index contributed by atoms with van der Waals surface area (Å²) in [7, 11) is -0.887. The lowest BCUT2D eigenvalue weighted by Crippen LogP contribution is -2.28. The van der Waals surface area contributed by atoms with Crippen LogP contribution in [0.15, 0.2) is 21.8 Å². The molecule has 7 nitrogen and oxygen atoms in total. The van der Waals surface area contributed by atoms with E-state index in [4.69, 9.17) is 0 Å². The Bertz CT molecular complexity index is 767. The molecule has 122 valence electrons. The van der Waals surface area contributed by atoms with Crippen molar-refractivity contribution >= 4 is 26.0 Å². The maximum absolute atomic E-state index is 12.6. The van der Waals surface area contributed by atoms with Gasteiger partial charge < -0.3 is 0 Å². The van der Waals surface area contributed by atoms with Gasteiger partial charge in [0.2, 0.25) is 10.0 Å². The Kier molecular flexibility index (Phi) is 4.68. The van der Waals surface area contributed by atoms with E-state index in [1.165, 1.54) is 18.7 Å². The molecule has 0 radical (unpaired) electrons. The van der Waals surface area contributed by atoms with Crippen LogP contribution in [0.4, 0.5) is 8.78 Å². The molecule has 0 fully saturated rings. The largest absolute Gasteiger partial charge is 0.333 e. The summed E-state index contributed by atoms with van der Waals surface area (Å²) in [5.41, 5.74) is 0.668. The summed E-state index contributed by atoms with van der Waals surface area (Å²) in [6.07, 6.45) is 2.39. The van der Waals surface area contributed by atoms with E-state index in [2.05, 4.69) is 26.1 Å². The summed E-state index contributed by atoms with van der Waals surface area (Å²) in [6, 6.07) is 0. The van der Waals surface area contributed by atoms with Crippen molar-refractivity contribution in [3.63, 3.8) is 0 Å². The average molecular weight is 398 g/mol. The highest BCUT2D eigenvalue weighted by Gasteiger charge is 2.28. The molecule has 0 atom stereocenters. The van der Waals surface area contributed by atoms with Crippen LogP contribution >= 0.6 is 15.9 Å². The molecule has 0 aliphatic rings. The number of sulfonamides is 1. The van der Waals surface area contributed by atoms with Crippen LogP contribution in [0.5, 0.6) is 0 Å². The van der Waals surface area contributed by atoms with Gasteiger partial charge in [-0.1, -0.05) is 0 Å². The van der Waals surface area contributed by atoms with Gasteiger partial charge in [-0.15, -0.1) is 0 Å². The van der Waals surface area contributed by atoms with Gasteiger partial charge in [0.25, 0.3) is 0 Å². The first-order valence-electron chi connectivity index (χ1n) is 6.11. The Morgan fingerprint density at radius 2 is 2.09 bits per heavy atom. The molecule has 0 bridgehead atoms. The van der Waals surface area contributed by atoms with Gasteiger partial charge in [0.05, 0.1) is 34.8 Å². The molecule has 2 heterocycles. The number of hydrogen-bond donors (Lipinski definition) is 0. The second kappa shape index (κ2) is 6.05. The Morgan fingerprint density at radius 3 is 2.55 bits per heavy atom. The Hall–Kier alpha value is -1.33. The van der Waals surface area contributed by atoms with Gasteiger partial charge >= 0.3 is 6.55 Å². The normalized spacial score (nSPS) is 12.5. The highest BCUT2D eigenvalue weighted by atomic mass is 79.9. The molecule has 2 aromatic rings. The lowest BCUT2D eigenvalue weighted by molar-refractivity contribution is 0.0561. The number of halogens is 3. The van der Waals surface area contributed by atoms with Crippen molar-refractivity contribution in [3.05, 3.63) is 28.3 Å². The minimum absolute atomic E-state index is 0.0243. The van der Waals surface area contributed by atoms with Crippen molar-refractivity contribution in [2.45, 2.75) is 24.9 Å². The molecule has 0 aromatic carbocycles. The molecule has 22 heavy (non-hydrogen) atoms. The first-order valence-corrected chi connectivity index (χ1v) is 8.34. The third-order valence-corrected chi connectivity index (χ3v) is 5.71. The predicted octanol–water partition coefficient (Wildman–Crippen LogP) is 1.90. The van der Waals surface area contributed by atoms with Crippen LogP contribution in [0, 0.1) is 6.92 Å². The molecule has 0 saturated carbocycles. The van der Waals surface area contributed by atoms with Crippen LogP contribution in [-0.4, -0.2) is 39.3 Å². The number of aromatic nitrogens is 4. The van der Waals surface area contributed by atoms with E-state index >= 15 is 0 Å². The smallest absolute Gasteiger partial charge is 0.270 e. The maximum Gasteiger partial charge on any atom is 0.333 e. The number of hydrogen-bond acceptors (Lipinski definition) is 4. The zero-order valence-corrected chi connectivity index (χ0v) is 14.4. The lowest BCUT2D eigenvalue weighted by Gasteiger charge is -2.17. The number of aryl methyl sites for hydroxylation is 2. The molecule has 0 spiro atoms. The van der Waals surface area contributed by atoms with Crippen LogP contribution in [-0.2, 0) is 23.6 Å². The quantitative estimate of drug-likeness (QED) is 0.772. The lowest BCUT2D eigenvalue weighted by atomic mass is 10.4. The number of rotatable bonds is 5. The molecule has 11 heteroatoms. The van der Waals surface area contributed by atoms with Crippen molar-refractivity contribution in [2.24, 2.45) is 7.05 Å². The summed E-state index contributed by atoms with van der Waals surface area (Å²) in [4.78, 5) is -0.242. The Balaban J connectivity index is 2.34. The van der Waals surface area contributed by atoms with Crippen LogP contribution < -0.4 is 0 Å². The molecule has 0 aliphatic carbocycles. The summed E-state index contributed by atoms with van der Waals surface area (Å²) >= 11 is 3.29. The third-order valence-electron chi connectivity index (χ3n) is 3.14. The van der Waals surface area contributed by atoms with Gasteiger partial charge in [0, 0.05) is 14.1 Å². The monoisotopic (exact) mass is 397 g/mol. The fourth-order valence-corrected chi connectivity index (χ4v) is 3.65. The minimum Gasteiger partial charge on any atom is -0.270 e. The van der Waals surface area contributed by atoms with Gasteiger partial charge in [-0.3, -0.25) is 4.68 Å². The first kappa shape index (κ1) is 17.0. The zero-order chi connectivity index (χ0) is 16.7. The van der Waals surface area contributed by atoms with Crippen molar-refractivity contribution < 1.29 is 17.2 Å². The standard InChI is InChI=1S/C11H14BrF2N5O2S/c1-7-10(6-19(16-7)11(13)14)22(20,21)17(2)5-9-8(12)4-15-18(9)3/h4,6,11H,5H2,1-3H3. The van der Waals surface area contributed by atoms with E-state index in [9.17, 15) is 17.2 Å². The van der Waals surface area contributed by atoms with Gasteiger partial charge in [-0.2, -0.15) is 23.3 Å². The van der Waals surface area contributed by atoms with Crippen LogP contribution in [0.3, 0.4) is 0 Å². The summed E-state index contributed by atoms with van der Waals surface area (Å²) in [6.45, 7) is -1.47. The van der Waals surface area contributed by atoms with Gasteiger partial charge in [0.1, 0.15) is 4.90 Å². The third kappa shape index (κ3) is 3.06. The van der Waals surface area contributed by atoms with E-state index in [0.717, 1.165) is 10.5 Å². The molecular formula is C11H14BrF2N5O2S. The van der Waals surface area contributed by atoms with Crippen molar-refractivity contribution in [1.82, 2.24) is 23.9 Å². The van der Waals surface area contributed by atoms with Crippen molar-refractivity contribution in [3.8, 4) is 0 Å². The Labute approximate surface area is 134 Å². The number of nitrogens with zero attached hydrogens (tertiary/aromatic N) is 5. The molecule has 0 amide bonds. The zero-order valence-electron chi connectivity index (χ0n) is 12.0. The van der Waals surface area contributed by atoms with Crippen LogP contribution in [0.1, 0.15) is 17.9 Å². The van der Waals surface area contributed by atoms with Gasteiger partial charge in [-0.05, 0) is 22.9 Å². The molecule has 0 N–H and O–H groups in total. The van der Waals surface area contributed by atoms with Crippen molar-refractivity contribution in [1.29, 1.82) is 0 Å². The molecule has 0 unspecified atom stereocenters. The predicted molar refractivity (Wildman–Crippen MR) is 77.8 cm³/mol. The minimum atomic E-state index is -3.94. The summed E-state index contributed by atoms with van der Waals surface area (Å²) in [5.74, 6) is 0. The van der Waals surface area contributed by atoms with E-state index in [-0.39, 0.29) is 17.1 Å². The van der Waals surface area contributed by atoms with E-state index in [0.29, 0.717) is 14.8 Å². The van der Waals surface area contributed by atoms with Gasteiger partial charge in [0.15, 0.2) is 0 Å². The van der Waals surface area contributed by atoms with E-state index in [1.54, 1.807) is 13.2 Å². The molecule has 2 rings (SSSR count). The van der Waals surface area contributed by atoms with Gasteiger partial charge in [-0.25, -0.2) is 13.1 Å². The van der Waals surface area contributed by atoms with Crippen LogP contribution in [0.25, 0.3) is 0 Å². The van der Waals surface area contributed by atoms with E-state index < -0.39 is 16.6 Å². The maximum atomic E-state index is 12.6. The van der Waals surface area contributed by atoms with Crippen molar-refractivity contribution in [2.75, 3.05) is 7.05 Å². The molecular weight excluding hydrogens is 384 g/mol. The molecule has 0 saturated heterocycles. The first-order chi connectivity index (χ1) is 10.1. The fourth-order valence-electron chi connectivity index (χ4n) is 1.90. The second-order valence-electron chi connectivity index (χ2n) is 4.66. The highest BCUT2D eigenvalue weighted by molar-refractivity contribution is 9.10. The van der Waals surface area contributed by atoms with Crippen LogP contribution in [0.2, 0.25) is 0 Å². The fraction of sp³-hybridized carbons (Fsp3) is 0.455. The summed E-state index contributed by atoms with van der Waals surface area (Å²) in [5, 5.41) is 7.53. The highest BCUT2D eigenvalue weighted by Crippen LogP contribution is 2.24. The van der Waals surface area contributed by atoms with E-state index in [1.807, 2.05) is 0 Å². The molecule has 0 aliphatic heterocycles. The Morgan fingerprint density at radius 1 is 1.45 bits per heavy atom.